The summed E-state index contributed by atoms with van der Waals surface area (Å²) in [6.45, 7) is 0. The van der Waals surface area contributed by atoms with Crippen molar-refractivity contribution in [1.29, 1.82) is 0 Å². The predicted molar refractivity (Wildman–Crippen MR) is 82.1 cm³/mol. The summed E-state index contributed by atoms with van der Waals surface area (Å²) in [5, 5.41) is 5.09. The Labute approximate surface area is 135 Å². The molecule has 3 nitrogen and oxygen atoms in total. The predicted octanol–water partition coefficient (Wildman–Crippen LogP) is 4.23. The first-order valence-corrected chi connectivity index (χ1v) is 6.94. The van der Waals surface area contributed by atoms with Gasteiger partial charge in [0.2, 0.25) is 3.79 Å². The number of hydrogen-bond acceptors (Lipinski definition) is 2. The molecule has 1 aromatic rings. The molecule has 0 radical (unpaired) electrons. The van der Waals surface area contributed by atoms with Gasteiger partial charge >= 0.3 is 0 Å². The van der Waals surface area contributed by atoms with Gasteiger partial charge in [-0.15, -0.1) is 0 Å². The Morgan fingerprint density at radius 3 is 2.26 bits per heavy atom. The Balaban J connectivity index is 2.83. The van der Waals surface area contributed by atoms with Gasteiger partial charge in [0.05, 0.1) is 0 Å². The van der Waals surface area contributed by atoms with Crippen molar-refractivity contribution in [3.63, 3.8) is 0 Å². The van der Waals surface area contributed by atoms with Crippen molar-refractivity contribution in [2.45, 2.75) is 9.96 Å². The number of carbonyl (C=O) groups excluding carboxylic acids is 1. The van der Waals surface area contributed by atoms with Gasteiger partial charge in [0.1, 0.15) is 11.2 Å². The molecular formula is C11H9Cl5N2O. The average Bonchev–Trinajstić information content (AvgIpc) is 2.37. The summed E-state index contributed by atoms with van der Waals surface area (Å²) >= 11 is 28.3. The van der Waals surface area contributed by atoms with Gasteiger partial charge in [-0.25, -0.2) is 0 Å². The van der Waals surface area contributed by atoms with Gasteiger partial charge in [-0.3, -0.25) is 4.79 Å². The summed E-state index contributed by atoms with van der Waals surface area (Å²) in [7, 11) is 0. The molecule has 0 saturated heterocycles. The third-order valence-electron chi connectivity index (χ3n) is 2.00. The van der Waals surface area contributed by atoms with E-state index in [2.05, 4.69) is 10.6 Å². The fraction of sp³-hybridized carbons (Fsp3) is 0.182. The molecule has 1 atom stereocenters. The van der Waals surface area contributed by atoms with Crippen LogP contribution >= 0.6 is 58.0 Å². The molecule has 1 aromatic carbocycles. The maximum absolute atomic E-state index is 11.6. The molecule has 0 heterocycles. The molecule has 0 aliphatic heterocycles. The first-order chi connectivity index (χ1) is 8.84. The zero-order valence-electron chi connectivity index (χ0n) is 9.34. The van der Waals surface area contributed by atoms with Gasteiger partial charge in [0.25, 0.3) is 5.91 Å². The molecule has 8 heteroatoms. The summed E-state index contributed by atoms with van der Waals surface area (Å²) in [4.78, 5) is 11.6. The van der Waals surface area contributed by atoms with Crippen LogP contribution < -0.4 is 10.6 Å². The monoisotopic (exact) mass is 360 g/mol. The molecule has 2 N–H and O–H groups in total. The number of hydrogen-bond donors (Lipinski definition) is 2. The molecule has 1 amide bonds. The highest BCUT2D eigenvalue weighted by Crippen LogP contribution is 2.31. The maximum atomic E-state index is 11.6. The van der Waals surface area contributed by atoms with Gasteiger partial charge in [0, 0.05) is 11.2 Å². The van der Waals surface area contributed by atoms with Gasteiger partial charge in [-0.2, -0.15) is 0 Å². The van der Waals surface area contributed by atoms with Crippen molar-refractivity contribution in [2.75, 3.05) is 5.32 Å². The minimum Gasteiger partial charge on any atom is -0.362 e. The number of benzene rings is 1. The normalized spacial score (nSPS) is 13.8. The lowest BCUT2D eigenvalue weighted by atomic mass is 10.3. The number of anilines is 1. The first-order valence-electron chi connectivity index (χ1n) is 4.99. The molecule has 1 rings (SSSR count). The zero-order chi connectivity index (χ0) is 14.5. The lowest BCUT2D eigenvalue weighted by Crippen LogP contribution is -2.49. The van der Waals surface area contributed by atoms with E-state index in [9.17, 15) is 4.79 Å². The molecule has 19 heavy (non-hydrogen) atoms. The molecule has 0 bridgehead atoms. The van der Waals surface area contributed by atoms with Crippen molar-refractivity contribution < 1.29 is 4.79 Å². The Morgan fingerprint density at radius 2 is 1.79 bits per heavy atom. The van der Waals surface area contributed by atoms with Crippen molar-refractivity contribution in [2.24, 2.45) is 0 Å². The Bertz CT molecular complexity index is 458. The van der Waals surface area contributed by atoms with Crippen LogP contribution in [0.25, 0.3) is 0 Å². The summed E-state index contributed by atoms with van der Waals surface area (Å²) in [5.74, 6) is -0.656. The van der Waals surface area contributed by atoms with Crippen LogP contribution in [0, 0.1) is 0 Å². The summed E-state index contributed by atoms with van der Waals surface area (Å²) < 4.78 is -1.77. The van der Waals surface area contributed by atoms with Gasteiger partial charge in [-0.1, -0.05) is 76.2 Å². The Kier molecular flexibility index (Phi) is 6.57. The van der Waals surface area contributed by atoms with Crippen LogP contribution in [0.3, 0.4) is 0 Å². The fourth-order valence-corrected chi connectivity index (χ4v) is 1.63. The number of halogens is 5. The first kappa shape index (κ1) is 16.7. The topological polar surface area (TPSA) is 41.1 Å². The molecule has 0 aliphatic rings. The van der Waals surface area contributed by atoms with E-state index < -0.39 is 15.9 Å². The van der Waals surface area contributed by atoms with Crippen LogP contribution in [0.1, 0.15) is 0 Å². The Morgan fingerprint density at radius 1 is 1.21 bits per heavy atom. The third kappa shape index (κ3) is 5.67. The fourth-order valence-electron chi connectivity index (χ4n) is 1.15. The van der Waals surface area contributed by atoms with E-state index in [1.807, 2.05) is 6.07 Å². The summed E-state index contributed by atoms with van der Waals surface area (Å²) in [5.41, 5.74) is 1.60. The molecule has 104 valence electrons. The van der Waals surface area contributed by atoms with E-state index in [4.69, 9.17) is 58.0 Å². The highest BCUT2D eigenvalue weighted by atomic mass is 35.6. The molecule has 0 fully saturated rings. The van der Waals surface area contributed by atoms with Crippen LogP contribution in [0.15, 0.2) is 40.9 Å². The number of amides is 1. The third-order valence-corrected chi connectivity index (χ3v) is 3.27. The van der Waals surface area contributed by atoms with Gasteiger partial charge in [0.15, 0.2) is 0 Å². The molecule has 0 saturated carbocycles. The van der Waals surface area contributed by atoms with Crippen LogP contribution in [0.2, 0.25) is 0 Å². The molecular weight excluding hydrogens is 353 g/mol. The second-order valence-corrected chi connectivity index (χ2v) is 6.41. The van der Waals surface area contributed by atoms with Gasteiger partial charge < -0.3 is 10.6 Å². The summed E-state index contributed by atoms with van der Waals surface area (Å²) in [6.07, 6.45) is -0.974. The van der Waals surface area contributed by atoms with Crippen LogP contribution in [-0.4, -0.2) is 15.9 Å². The number of alkyl halides is 3. The number of carbonyl (C=O) groups is 1. The second kappa shape index (κ2) is 7.46. The van der Waals surface area contributed by atoms with Crippen molar-refractivity contribution in [1.82, 2.24) is 5.32 Å². The highest BCUT2D eigenvalue weighted by Gasteiger charge is 2.34. The molecule has 0 aliphatic carbocycles. The second-order valence-electron chi connectivity index (χ2n) is 3.42. The lowest BCUT2D eigenvalue weighted by molar-refractivity contribution is -0.117. The summed E-state index contributed by atoms with van der Waals surface area (Å²) in [6, 6.07) is 8.95. The van der Waals surface area contributed by atoms with Crippen molar-refractivity contribution in [3.8, 4) is 0 Å². The standard InChI is InChI=1S/C11H9Cl5N2O/c12-6-8(13)9(19)18-10(11(14,15)16)17-7-4-2-1-3-5-7/h1-6,10,17H,(H,18,19)/b8-6+. The van der Waals surface area contributed by atoms with E-state index in [-0.39, 0.29) is 5.03 Å². The van der Waals surface area contributed by atoms with Crippen molar-refractivity contribution in [3.05, 3.63) is 40.9 Å². The van der Waals surface area contributed by atoms with E-state index in [1.54, 1.807) is 24.3 Å². The van der Waals surface area contributed by atoms with Crippen molar-refractivity contribution >= 4 is 69.6 Å². The molecule has 1 unspecified atom stereocenters. The molecule has 0 aromatic heterocycles. The van der Waals surface area contributed by atoms with Crippen LogP contribution in [0.5, 0.6) is 0 Å². The number of nitrogens with one attached hydrogen (secondary N) is 2. The van der Waals surface area contributed by atoms with E-state index in [0.29, 0.717) is 5.69 Å². The van der Waals surface area contributed by atoms with E-state index in [1.165, 1.54) is 0 Å². The zero-order valence-corrected chi connectivity index (χ0v) is 13.1. The van der Waals surface area contributed by atoms with E-state index >= 15 is 0 Å². The Hall–Kier alpha value is -0.320. The average molecular weight is 362 g/mol. The highest BCUT2D eigenvalue weighted by molar-refractivity contribution is 6.68. The largest absolute Gasteiger partial charge is 0.362 e. The molecule has 0 spiro atoms. The minimum absolute atomic E-state index is 0.212. The minimum atomic E-state index is -1.77. The lowest BCUT2D eigenvalue weighted by Gasteiger charge is -2.27. The van der Waals surface area contributed by atoms with E-state index in [0.717, 1.165) is 5.54 Å². The number of rotatable bonds is 4. The van der Waals surface area contributed by atoms with Crippen LogP contribution in [0.4, 0.5) is 5.69 Å². The maximum Gasteiger partial charge on any atom is 0.265 e. The van der Waals surface area contributed by atoms with Gasteiger partial charge in [-0.05, 0) is 12.1 Å². The van der Waals surface area contributed by atoms with Crippen LogP contribution in [-0.2, 0) is 4.79 Å². The SMILES string of the molecule is O=C(NC(Nc1ccccc1)C(Cl)(Cl)Cl)/C(Cl)=C\Cl. The number of para-hydroxylation sites is 1. The smallest absolute Gasteiger partial charge is 0.265 e. The quantitative estimate of drug-likeness (QED) is 0.478.